The quantitative estimate of drug-likeness (QED) is 0.330. The van der Waals surface area contributed by atoms with Crippen molar-refractivity contribution in [1.29, 1.82) is 0 Å². The van der Waals surface area contributed by atoms with Crippen molar-refractivity contribution in [3.63, 3.8) is 0 Å². The lowest BCUT2D eigenvalue weighted by Gasteiger charge is -2.31. The molecule has 4 aromatic rings. The van der Waals surface area contributed by atoms with E-state index in [1.807, 2.05) is 0 Å². The average Bonchev–Trinajstić information content (AvgIpc) is 3.67. The Morgan fingerprint density at radius 1 is 1.14 bits per heavy atom. The van der Waals surface area contributed by atoms with Gasteiger partial charge in [-0.1, -0.05) is 12.0 Å². The maximum Gasteiger partial charge on any atom is 0.319 e. The molecule has 3 fully saturated rings. The zero-order valence-corrected chi connectivity index (χ0v) is 23.2. The number of alkyl halides is 1. The van der Waals surface area contributed by atoms with Gasteiger partial charge in [-0.05, 0) is 55.8 Å². The van der Waals surface area contributed by atoms with Crippen LogP contribution in [0.5, 0.6) is 17.6 Å². The number of phenols is 1. The lowest BCUT2D eigenvalue weighted by molar-refractivity contribution is 0.107. The van der Waals surface area contributed by atoms with Gasteiger partial charge in [-0.25, -0.2) is 18.2 Å². The van der Waals surface area contributed by atoms with Gasteiger partial charge < -0.3 is 19.5 Å². The first-order valence-corrected chi connectivity index (χ1v) is 14.6. The van der Waals surface area contributed by atoms with E-state index < -0.39 is 23.3 Å². The lowest BCUT2D eigenvalue weighted by Crippen LogP contribution is -2.43. The van der Waals surface area contributed by atoms with E-state index >= 15 is 4.39 Å². The Hall–Kier alpha value is -4.30. The second kappa shape index (κ2) is 9.61. The fourth-order valence-corrected chi connectivity index (χ4v) is 7.52. The van der Waals surface area contributed by atoms with Gasteiger partial charge in [0, 0.05) is 30.5 Å². The molecule has 4 aliphatic heterocycles. The Bertz CT molecular complexity index is 1860. The predicted molar refractivity (Wildman–Crippen MR) is 154 cm³/mol. The highest BCUT2D eigenvalue weighted by Gasteiger charge is 2.49. The fourth-order valence-electron chi connectivity index (χ4n) is 7.52. The van der Waals surface area contributed by atoms with Crippen molar-refractivity contribution in [3.05, 3.63) is 41.5 Å². The van der Waals surface area contributed by atoms with E-state index in [2.05, 4.69) is 25.7 Å². The van der Waals surface area contributed by atoms with Crippen LogP contribution in [-0.2, 0) is 0 Å². The molecule has 43 heavy (non-hydrogen) atoms. The minimum absolute atomic E-state index is 0.00134. The van der Waals surface area contributed by atoms with E-state index in [0.29, 0.717) is 42.7 Å². The van der Waals surface area contributed by atoms with E-state index in [0.717, 1.165) is 32.2 Å². The zero-order valence-electron chi connectivity index (χ0n) is 23.2. The maximum atomic E-state index is 16.8. The smallest absolute Gasteiger partial charge is 0.319 e. The highest BCUT2D eigenvalue weighted by Crippen LogP contribution is 2.45. The van der Waals surface area contributed by atoms with Crippen LogP contribution in [-0.4, -0.2) is 75.6 Å². The molecule has 0 bridgehead atoms. The van der Waals surface area contributed by atoms with E-state index in [9.17, 15) is 13.9 Å². The molecule has 0 saturated carbocycles. The van der Waals surface area contributed by atoms with Crippen LogP contribution in [0.3, 0.4) is 0 Å². The van der Waals surface area contributed by atoms with Crippen LogP contribution in [0.4, 0.5) is 19.0 Å². The van der Waals surface area contributed by atoms with Crippen molar-refractivity contribution in [2.45, 2.75) is 49.9 Å². The molecule has 4 aliphatic rings. The molecule has 0 radical (unpaired) electrons. The van der Waals surface area contributed by atoms with Crippen molar-refractivity contribution < 1.29 is 27.8 Å². The van der Waals surface area contributed by atoms with E-state index in [1.165, 1.54) is 24.3 Å². The molecular formula is C32H28F3N5O3. The highest BCUT2D eigenvalue weighted by molar-refractivity contribution is 6.04. The second-order valence-electron chi connectivity index (χ2n) is 12.0. The number of fused-ring (bicyclic) bond motifs is 4. The molecule has 0 unspecified atom stereocenters. The number of hydrogen-bond acceptors (Lipinski definition) is 8. The highest BCUT2D eigenvalue weighted by atomic mass is 19.1. The summed E-state index contributed by atoms with van der Waals surface area (Å²) in [5.41, 5.74) is -0.668. The number of halogens is 3. The monoisotopic (exact) mass is 587 g/mol. The summed E-state index contributed by atoms with van der Waals surface area (Å²) in [5, 5.41) is 11.5. The fraction of sp³-hybridized carbons (Fsp3) is 0.406. The number of hydrogen-bond donors (Lipinski definition) is 1. The number of rotatable bonds is 4. The lowest BCUT2D eigenvalue weighted by atomic mass is 9.95. The zero-order chi connectivity index (χ0) is 29.5. The summed E-state index contributed by atoms with van der Waals surface area (Å²) in [4.78, 5) is 18.1. The summed E-state index contributed by atoms with van der Waals surface area (Å²) in [6.45, 7) is 2.38. The van der Waals surface area contributed by atoms with Crippen LogP contribution in [0.15, 0.2) is 24.3 Å². The van der Waals surface area contributed by atoms with E-state index in [1.54, 1.807) is 0 Å². The molecular weight excluding hydrogens is 559 g/mol. The summed E-state index contributed by atoms with van der Waals surface area (Å²) >= 11 is 0. The molecule has 0 aliphatic carbocycles. The van der Waals surface area contributed by atoms with Crippen LogP contribution in [0.1, 0.15) is 37.7 Å². The average molecular weight is 588 g/mol. The van der Waals surface area contributed by atoms with Crippen molar-refractivity contribution >= 4 is 27.5 Å². The molecule has 2 aromatic carbocycles. The van der Waals surface area contributed by atoms with Gasteiger partial charge in [-0.15, -0.1) is 6.42 Å². The van der Waals surface area contributed by atoms with E-state index in [-0.39, 0.29) is 58.0 Å². The standard InChI is InChI=1S/C32H28F3N5O3/c1-2-21-23(34)7-6-17-11-20(41)12-22(24(17)21)27-26(35)28-25-29(40-10-3-5-19(40)15-42-30(25)36-27)38-31(37-28)43-16-32-8-4-9-39(32)14-18(33)13-32/h1,6-7,11-12,18-19,41H,3-5,8-10,13-16H2/t18-,19+,32+/m1/s1. The van der Waals surface area contributed by atoms with Crippen LogP contribution in [0.25, 0.3) is 32.9 Å². The molecule has 2 aromatic heterocycles. The number of ether oxygens (including phenoxy) is 2. The molecule has 3 saturated heterocycles. The van der Waals surface area contributed by atoms with Gasteiger partial charge >= 0.3 is 6.01 Å². The molecule has 220 valence electrons. The minimum Gasteiger partial charge on any atom is -0.508 e. The number of nitrogens with zero attached hydrogens (tertiary/aromatic N) is 5. The Balaban J connectivity index is 1.33. The summed E-state index contributed by atoms with van der Waals surface area (Å²) < 4.78 is 58.3. The molecule has 8 rings (SSSR count). The van der Waals surface area contributed by atoms with Crippen molar-refractivity contribution in [2.24, 2.45) is 0 Å². The third-order valence-corrected chi connectivity index (χ3v) is 9.46. The summed E-state index contributed by atoms with van der Waals surface area (Å²) in [6.07, 6.45) is 8.68. The van der Waals surface area contributed by atoms with E-state index in [4.69, 9.17) is 20.9 Å². The number of benzene rings is 2. The van der Waals surface area contributed by atoms with Gasteiger partial charge in [0.2, 0.25) is 5.88 Å². The van der Waals surface area contributed by atoms with Crippen molar-refractivity contribution in [2.75, 3.05) is 37.7 Å². The Kier molecular flexibility index (Phi) is 5.88. The first-order chi connectivity index (χ1) is 20.8. The van der Waals surface area contributed by atoms with Crippen LogP contribution in [0.2, 0.25) is 0 Å². The van der Waals surface area contributed by atoms with Crippen molar-refractivity contribution in [1.82, 2.24) is 19.9 Å². The number of terminal acetylenes is 1. The Labute approximate surface area is 245 Å². The Morgan fingerprint density at radius 3 is 2.88 bits per heavy atom. The first kappa shape index (κ1) is 26.3. The topological polar surface area (TPSA) is 83.8 Å². The number of phenolic OH excluding ortho intramolecular Hbond substituents is 1. The molecule has 0 spiro atoms. The predicted octanol–water partition coefficient (Wildman–Crippen LogP) is 5.13. The molecule has 0 amide bonds. The van der Waals surface area contributed by atoms with Gasteiger partial charge in [0.05, 0.1) is 17.1 Å². The minimum atomic E-state index is -0.919. The first-order valence-electron chi connectivity index (χ1n) is 14.6. The van der Waals surface area contributed by atoms with Crippen molar-refractivity contribution in [3.8, 4) is 41.2 Å². The summed E-state index contributed by atoms with van der Waals surface area (Å²) in [5.74, 6) is 1.34. The molecule has 11 heteroatoms. The summed E-state index contributed by atoms with van der Waals surface area (Å²) in [7, 11) is 0. The van der Waals surface area contributed by atoms with Crippen LogP contribution < -0.4 is 14.4 Å². The summed E-state index contributed by atoms with van der Waals surface area (Å²) in [6, 6.07) is 5.40. The Morgan fingerprint density at radius 2 is 2.02 bits per heavy atom. The molecule has 3 atom stereocenters. The molecule has 8 nitrogen and oxygen atoms in total. The van der Waals surface area contributed by atoms with Gasteiger partial charge in [0.25, 0.3) is 0 Å². The van der Waals surface area contributed by atoms with Crippen LogP contribution >= 0.6 is 0 Å². The normalized spacial score (nSPS) is 24.6. The van der Waals surface area contributed by atoms with Crippen LogP contribution in [0, 0.1) is 24.0 Å². The SMILES string of the molecule is C#Cc1c(F)ccc2cc(O)cc(-c3nc4c5c(nc(OC[C@@]67CCCN6C[C@H](F)C7)nc5c3F)N3CCC[C@H]3CO4)c12. The van der Waals surface area contributed by atoms with Gasteiger partial charge in [0.15, 0.2) is 5.82 Å². The molecule has 1 N–H and O–H groups in total. The molecule has 6 heterocycles. The largest absolute Gasteiger partial charge is 0.508 e. The van der Waals surface area contributed by atoms with Gasteiger partial charge in [0.1, 0.15) is 53.4 Å². The second-order valence-corrected chi connectivity index (χ2v) is 12.0. The number of aromatic hydroxyl groups is 1. The third-order valence-electron chi connectivity index (χ3n) is 9.46. The van der Waals surface area contributed by atoms with Gasteiger partial charge in [-0.2, -0.15) is 9.97 Å². The number of pyridine rings is 1. The maximum absolute atomic E-state index is 16.8. The van der Waals surface area contributed by atoms with Gasteiger partial charge in [-0.3, -0.25) is 4.90 Å². The number of aromatic nitrogens is 3. The number of anilines is 1. The third kappa shape index (κ3) is 3.99.